The maximum absolute atomic E-state index is 12.2. The summed E-state index contributed by atoms with van der Waals surface area (Å²) in [5.41, 5.74) is 2.62. The van der Waals surface area contributed by atoms with Crippen LogP contribution in [0.1, 0.15) is 17.3 Å². The van der Waals surface area contributed by atoms with Gasteiger partial charge in [-0.25, -0.2) is 4.98 Å². The van der Waals surface area contributed by atoms with Gasteiger partial charge in [-0.1, -0.05) is 18.2 Å². The van der Waals surface area contributed by atoms with E-state index >= 15 is 0 Å². The van der Waals surface area contributed by atoms with E-state index in [2.05, 4.69) is 15.6 Å². The number of amides is 3. The second kappa shape index (κ2) is 8.57. The Morgan fingerprint density at radius 2 is 1.97 bits per heavy atom. The summed E-state index contributed by atoms with van der Waals surface area (Å²) >= 11 is 1.27. The van der Waals surface area contributed by atoms with Crippen LogP contribution in [0.2, 0.25) is 0 Å². The molecule has 4 rings (SSSR count). The summed E-state index contributed by atoms with van der Waals surface area (Å²) in [5, 5.41) is 7.50. The molecule has 2 aromatic carbocycles. The third-order valence-electron chi connectivity index (χ3n) is 4.79. The average molecular weight is 436 g/mol. The lowest BCUT2D eigenvalue weighted by molar-refractivity contribution is -0.125. The highest BCUT2D eigenvalue weighted by atomic mass is 32.1. The Labute approximate surface area is 182 Å². The molecule has 2 N–H and O–H groups in total. The van der Waals surface area contributed by atoms with Gasteiger partial charge in [0, 0.05) is 23.6 Å². The van der Waals surface area contributed by atoms with Gasteiger partial charge in [0.15, 0.2) is 11.2 Å². The van der Waals surface area contributed by atoms with Crippen molar-refractivity contribution in [3.05, 3.63) is 59.5 Å². The topological polar surface area (TPSA) is 101 Å². The average Bonchev–Trinajstić information content (AvgIpc) is 3.24. The molecule has 0 aliphatic carbocycles. The number of ether oxygens (including phenoxy) is 1. The minimum Gasteiger partial charge on any atom is -0.479 e. The summed E-state index contributed by atoms with van der Waals surface area (Å²) in [6, 6.07) is 14.2. The predicted octanol–water partition coefficient (Wildman–Crippen LogP) is 2.92. The lowest BCUT2D eigenvalue weighted by Gasteiger charge is -2.30. The van der Waals surface area contributed by atoms with Crippen molar-refractivity contribution in [2.45, 2.75) is 13.0 Å². The lowest BCUT2D eigenvalue weighted by Crippen LogP contribution is -2.41. The monoisotopic (exact) mass is 436 g/mol. The molecule has 3 amide bonds. The maximum Gasteiger partial charge on any atom is 0.267 e. The normalized spacial score (nSPS) is 15.1. The molecule has 158 valence electrons. The lowest BCUT2D eigenvalue weighted by atomic mass is 10.1. The molecular weight excluding hydrogens is 416 g/mol. The molecule has 2 heterocycles. The summed E-state index contributed by atoms with van der Waals surface area (Å²) in [6.45, 7) is 1.55. The Morgan fingerprint density at radius 3 is 2.74 bits per heavy atom. The Bertz CT molecular complexity index is 1150. The molecule has 8 nitrogen and oxygen atoms in total. The molecule has 31 heavy (non-hydrogen) atoms. The number of likely N-dealkylation sites (N-methyl/N-ethyl adjacent to an activating group) is 1. The van der Waals surface area contributed by atoms with Crippen LogP contribution in [0.25, 0.3) is 11.3 Å². The van der Waals surface area contributed by atoms with E-state index in [9.17, 15) is 14.4 Å². The van der Waals surface area contributed by atoms with Gasteiger partial charge in [-0.2, -0.15) is 0 Å². The number of carbonyl (C=O) groups is 3. The standard InChI is InChI=1S/C22H20N4O4S/c1-13-21(29)26(2)17-10-15(8-9-18(17)30-13)16-12-31-22(24-16)25-19(27)11-23-20(28)14-6-4-3-5-7-14/h3-10,12-13H,11H2,1-2H3,(H,23,28)(H,24,25,27). The fourth-order valence-corrected chi connectivity index (χ4v) is 3.89. The highest BCUT2D eigenvalue weighted by Gasteiger charge is 2.29. The van der Waals surface area contributed by atoms with E-state index in [1.165, 1.54) is 11.3 Å². The zero-order valence-electron chi connectivity index (χ0n) is 16.9. The number of carbonyl (C=O) groups excluding carboxylic acids is 3. The molecule has 1 aromatic heterocycles. The van der Waals surface area contributed by atoms with Crippen LogP contribution in [0.3, 0.4) is 0 Å². The molecule has 1 atom stereocenters. The van der Waals surface area contributed by atoms with Crippen LogP contribution in [0.5, 0.6) is 5.75 Å². The van der Waals surface area contributed by atoms with E-state index in [-0.39, 0.29) is 24.3 Å². The molecular formula is C22H20N4O4S. The molecule has 0 bridgehead atoms. The van der Waals surface area contributed by atoms with Crippen molar-refractivity contribution in [3.63, 3.8) is 0 Å². The minimum absolute atomic E-state index is 0.117. The first-order valence-corrected chi connectivity index (χ1v) is 10.5. The van der Waals surface area contributed by atoms with Crippen molar-refractivity contribution < 1.29 is 19.1 Å². The Morgan fingerprint density at radius 1 is 1.19 bits per heavy atom. The molecule has 1 aliphatic rings. The third kappa shape index (κ3) is 4.41. The summed E-state index contributed by atoms with van der Waals surface area (Å²) < 4.78 is 5.64. The number of nitrogens with one attached hydrogen (secondary N) is 2. The van der Waals surface area contributed by atoms with Gasteiger partial charge >= 0.3 is 0 Å². The van der Waals surface area contributed by atoms with Gasteiger partial charge in [0.05, 0.1) is 17.9 Å². The fraction of sp³-hybridized carbons (Fsp3) is 0.182. The van der Waals surface area contributed by atoms with E-state index in [0.29, 0.717) is 27.8 Å². The Hall–Kier alpha value is -3.72. The number of rotatable bonds is 5. The van der Waals surface area contributed by atoms with E-state index in [0.717, 1.165) is 5.56 Å². The van der Waals surface area contributed by atoms with Crippen LogP contribution >= 0.6 is 11.3 Å². The minimum atomic E-state index is -0.521. The molecule has 0 saturated carbocycles. The van der Waals surface area contributed by atoms with Gasteiger partial charge in [-0.3, -0.25) is 14.4 Å². The van der Waals surface area contributed by atoms with Gasteiger partial charge in [-0.15, -0.1) is 11.3 Å². The van der Waals surface area contributed by atoms with Crippen LogP contribution in [-0.4, -0.2) is 42.4 Å². The first-order chi connectivity index (χ1) is 14.9. The SMILES string of the molecule is CC1Oc2ccc(-c3csc(NC(=O)CNC(=O)c4ccccc4)n3)cc2N(C)C1=O. The largest absolute Gasteiger partial charge is 0.479 e. The molecule has 0 fully saturated rings. The van der Waals surface area contributed by atoms with Crippen molar-refractivity contribution >= 4 is 39.9 Å². The van der Waals surface area contributed by atoms with Crippen molar-refractivity contribution in [2.75, 3.05) is 23.8 Å². The molecule has 1 unspecified atom stereocenters. The van der Waals surface area contributed by atoms with Gasteiger partial charge in [0.2, 0.25) is 5.91 Å². The molecule has 0 spiro atoms. The number of thiazole rings is 1. The van der Waals surface area contributed by atoms with E-state index in [4.69, 9.17) is 4.74 Å². The van der Waals surface area contributed by atoms with E-state index in [1.807, 2.05) is 23.6 Å². The van der Waals surface area contributed by atoms with Crippen molar-refractivity contribution in [1.82, 2.24) is 10.3 Å². The zero-order chi connectivity index (χ0) is 22.0. The van der Waals surface area contributed by atoms with Gasteiger partial charge in [0.25, 0.3) is 11.8 Å². The van der Waals surface area contributed by atoms with Gasteiger partial charge < -0.3 is 20.3 Å². The molecule has 1 aliphatic heterocycles. The third-order valence-corrected chi connectivity index (χ3v) is 5.55. The summed E-state index contributed by atoms with van der Waals surface area (Å²) in [7, 11) is 1.71. The van der Waals surface area contributed by atoms with Gasteiger partial charge in [-0.05, 0) is 37.3 Å². The smallest absolute Gasteiger partial charge is 0.267 e. The number of aromatic nitrogens is 1. The first kappa shape index (κ1) is 20.5. The number of hydrogen-bond donors (Lipinski definition) is 2. The van der Waals surface area contributed by atoms with Crippen LogP contribution < -0.4 is 20.3 Å². The van der Waals surface area contributed by atoms with E-state index < -0.39 is 6.10 Å². The van der Waals surface area contributed by atoms with Crippen LogP contribution in [0.15, 0.2) is 53.9 Å². The fourth-order valence-electron chi connectivity index (χ4n) is 3.15. The number of fused-ring (bicyclic) bond motifs is 1. The molecule has 0 radical (unpaired) electrons. The molecule has 0 saturated heterocycles. The molecule has 3 aromatic rings. The van der Waals surface area contributed by atoms with Crippen LogP contribution in [0, 0.1) is 0 Å². The van der Waals surface area contributed by atoms with Crippen molar-refractivity contribution in [2.24, 2.45) is 0 Å². The van der Waals surface area contributed by atoms with Crippen molar-refractivity contribution in [3.8, 4) is 17.0 Å². The summed E-state index contributed by atoms with van der Waals surface area (Å²) in [5.74, 6) is -0.173. The Balaban J connectivity index is 1.40. The summed E-state index contributed by atoms with van der Waals surface area (Å²) in [4.78, 5) is 42.4. The highest BCUT2D eigenvalue weighted by molar-refractivity contribution is 7.14. The maximum atomic E-state index is 12.2. The number of hydrogen-bond acceptors (Lipinski definition) is 6. The zero-order valence-corrected chi connectivity index (χ0v) is 17.7. The number of nitrogens with zero attached hydrogens (tertiary/aromatic N) is 2. The highest BCUT2D eigenvalue weighted by Crippen LogP contribution is 2.37. The second-order valence-electron chi connectivity index (χ2n) is 6.97. The predicted molar refractivity (Wildman–Crippen MR) is 118 cm³/mol. The van der Waals surface area contributed by atoms with E-state index in [1.54, 1.807) is 49.2 Å². The number of benzene rings is 2. The van der Waals surface area contributed by atoms with Crippen LogP contribution in [-0.2, 0) is 9.59 Å². The quantitative estimate of drug-likeness (QED) is 0.641. The van der Waals surface area contributed by atoms with Crippen LogP contribution in [0.4, 0.5) is 10.8 Å². The Kier molecular flexibility index (Phi) is 5.68. The number of anilines is 2. The first-order valence-electron chi connectivity index (χ1n) is 9.59. The molecule has 9 heteroatoms. The van der Waals surface area contributed by atoms with Crippen molar-refractivity contribution in [1.29, 1.82) is 0 Å². The van der Waals surface area contributed by atoms with Gasteiger partial charge in [0.1, 0.15) is 5.75 Å². The second-order valence-corrected chi connectivity index (χ2v) is 7.83. The summed E-state index contributed by atoms with van der Waals surface area (Å²) in [6.07, 6.45) is -0.521.